The highest BCUT2D eigenvalue weighted by Gasteiger charge is 2.08. The minimum absolute atomic E-state index is 0.241. The molecule has 2 N–H and O–H groups in total. The number of phenols is 1. The summed E-state index contributed by atoms with van der Waals surface area (Å²) in [6.07, 6.45) is 1.88. The monoisotopic (exact) mass is 351 g/mol. The van der Waals surface area contributed by atoms with Crippen LogP contribution in [0.4, 0.5) is 10.1 Å². The molecule has 0 aromatic heterocycles. The standard InChI is InChI=1S/C17H19BrFNO/c1-11-9-16(19)15(18)10-17(11)20-12(2)3-4-13-5-7-14(21)8-6-13/h5-10,12,20-21H,3-4H2,1-2H3. The average Bonchev–Trinajstić information content (AvgIpc) is 2.44. The first-order valence-corrected chi connectivity index (χ1v) is 7.75. The van der Waals surface area contributed by atoms with Gasteiger partial charge in [0.2, 0.25) is 0 Å². The lowest BCUT2D eigenvalue weighted by Gasteiger charge is -2.17. The van der Waals surface area contributed by atoms with Crippen LogP contribution in [0.2, 0.25) is 0 Å². The predicted molar refractivity (Wildman–Crippen MR) is 88.3 cm³/mol. The van der Waals surface area contributed by atoms with Crippen LogP contribution in [-0.2, 0) is 6.42 Å². The van der Waals surface area contributed by atoms with E-state index in [1.807, 2.05) is 19.1 Å². The van der Waals surface area contributed by atoms with Crippen LogP contribution in [0.1, 0.15) is 24.5 Å². The van der Waals surface area contributed by atoms with Crippen LogP contribution >= 0.6 is 15.9 Å². The molecule has 0 radical (unpaired) electrons. The molecule has 2 aromatic rings. The molecule has 0 aliphatic rings. The van der Waals surface area contributed by atoms with Crippen molar-refractivity contribution in [3.8, 4) is 5.75 Å². The SMILES string of the molecule is Cc1cc(F)c(Br)cc1NC(C)CCc1ccc(O)cc1. The number of phenolic OH excluding ortho intramolecular Hbond substituents is 1. The summed E-state index contributed by atoms with van der Waals surface area (Å²) in [6.45, 7) is 4.00. The first kappa shape index (κ1) is 15.8. The van der Waals surface area contributed by atoms with Gasteiger partial charge < -0.3 is 10.4 Å². The summed E-state index contributed by atoms with van der Waals surface area (Å²) in [7, 11) is 0. The topological polar surface area (TPSA) is 32.3 Å². The molecule has 0 fully saturated rings. The zero-order valence-electron chi connectivity index (χ0n) is 12.2. The van der Waals surface area contributed by atoms with Gasteiger partial charge in [-0.05, 0) is 78.0 Å². The molecule has 1 atom stereocenters. The fraction of sp³-hybridized carbons (Fsp3) is 0.294. The van der Waals surface area contributed by atoms with Gasteiger partial charge in [-0.15, -0.1) is 0 Å². The Morgan fingerprint density at radius 1 is 1.24 bits per heavy atom. The van der Waals surface area contributed by atoms with E-state index in [1.54, 1.807) is 18.2 Å². The summed E-state index contributed by atoms with van der Waals surface area (Å²) >= 11 is 3.21. The molecule has 2 rings (SSSR count). The second kappa shape index (κ2) is 6.94. The summed E-state index contributed by atoms with van der Waals surface area (Å²) in [5.74, 6) is 0.0477. The van der Waals surface area contributed by atoms with Crippen LogP contribution in [0.3, 0.4) is 0 Å². The number of rotatable bonds is 5. The summed E-state index contributed by atoms with van der Waals surface area (Å²) in [6, 6.07) is 10.9. The van der Waals surface area contributed by atoms with Gasteiger partial charge in [-0.25, -0.2) is 4.39 Å². The number of anilines is 1. The molecule has 1 unspecified atom stereocenters. The molecule has 0 spiro atoms. The van der Waals surface area contributed by atoms with Crippen molar-refractivity contribution in [3.63, 3.8) is 0 Å². The quantitative estimate of drug-likeness (QED) is 0.791. The number of aromatic hydroxyl groups is 1. The Balaban J connectivity index is 1.94. The van der Waals surface area contributed by atoms with Crippen LogP contribution in [0.15, 0.2) is 40.9 Å². The molecule has 0 aliphatic carbocycles. The minimum Gasteiger partial charge on any atom is -0.508 e. The number of nitrogens with one attached hydrogen (secondary N) is 1. The molecular weight excluding hydrogens is 333 g/mol. The van der Waals surface area contributed by atoms with E-state index in [1.165, 1.54) is 11.6 Å². The first-order valence-electron chi connectivity index (χ1n) is 6.96. The van der Waals surface area contributed by atoms with E-state index in [2.05, 4.69) is 28.2 Å². The molecule has 0 heterocycles. The van der Waals surface area contributed by atoms with Crippen molar-refractivity contribution in [2.24, 2.45) is 0 Å². The first-order chi connectivity index (χ1) is 9.95. The van der Waals surface area contributed by atoms with Gasteiger partial charge in [0.15, 0.2) is 0 Å². The van der Waals surface area contributed by atoms with Crippen molar-refractivity contribution in [1.29, 1.82) is 0 Å². The Morgan fingerprint density at radius 3 is 2.57 bits per heavy atom. The fourth-order valence-electron chi connectivity index (χ4n) is 2.19. The molecule has 112 valence electrons. The number of hydrogen-bond acceptors (Lipinski definition) is 2. The lowest BCUT2D eigenvalue weighted by molar-refractivity contribution is 0.475. The van der Waals surface area contributed by atoms with Gasteiger partial charge >= 0.3 is 0 Å². The van der Waals surface area contributed by atoms with E-state index in [4.69, 9.17) is 0 Å². The number of hydrogen-bond donors (Lipinski definition) is 2. The Labute approximate surface area is 133 Å². The third-order valence-corrected chi connectivity index (χ3v) is 4.08. The molecule has 2 aromatic carbocycles. The fourth-order valence-corrected chi connectivity index (χ4v) is 2.53. The van der Waals surface area contributed by atoms with Gasteiger partial charge in [0.1, 0.15) is 11.6 Å². The van der Waals surface area contributed by atoms with Gasteiger partial charge in [-0.3, -0.25) is 0 Å². The van der Waals surface area contributed by atoms with E-state index in [0.29, 0.717) is 4.47 Å². The van der Waals surface area contributed by atoms with Gasteiger partial charge in [0.25, 0.3) is 0 Å². The third kappa shape index (κ3) is 4.46. The highest BCUT2D eigenvalue weighted by Crippen LogP contribution is 2.25. The maximum Gasteiger partial charge on any atom is 0.137 e. The predicted octanol–water partition coefficient (Wildman–Crippen LogP) is 5.04. The van der Waals surface area contributed by atoms with Crippen molar-refractivity contribution < 1.29 is 9.50 Å². The largest absolute Gasteiger partial charge is 0.508 e. The van der Waals surface area contributed by atoms with Crippen molar-refractivity contribution >= 4 is 21.6 Å². The van der Waals surface area contributed by atoms with Gasteiger partial charge in [0, 0.05) is 11.7 Å². The van der Waals surface area contributed by atoms with E-state index in [-0.39, 0.29) is 17.6 Å². The summed E-state index contributed by atoms with van der Waals surface area (Å²) < 4.78 is 13.9. The molecule has 21 heavy (non-hydrogen) atoms. The summed E-state index contributed by atoms with van der Waals surface area (Å²) in [5, 5.41) is 12.7. The lowest BCUT2D eigenvalue weighted by atomic mass is 10.1. The molecule has 4 heteroatoms. The molecule has 0 saturated heterocycles. The van der Waals surface area contributed by atoms with Crippen LogP contribution < -0.4 is 5.32 Å². The van der Waals surface area contributed by atoms with E-state index in [0.717, 1.165) is 24.1 Å². The van der Waals surface area contributed by atoms with E-state index < -0.39 is 0 Å². The highest BCUT2D eigenvalue weighted by atomic mass is 79.9. The number of benzene rings is 2. The zero-order chi connectivity index (χ0) is 15.4. The maximum absolute atomic E-state index is 13.4. The molecule has 2 nitrogen and oxygen atoms in total. The van der Waals surface area contributed by atoms with Crippen LogP contribution in [-0.4, -0.2) is 11.1 Å². The lowest BCUT2D eigenvalue weighted by Crippen LogP contribution is -2.16. The Bertz CT molecular complexity index is 613. The normalized spacial score (nSPS) is 12.2. The number of aryl methyl sites for hydroxylation is 2. The number of halogens is 2. The molecular formula is C17H19BrFNO. The second-order valence-corrected chi connectivity index (χ2v) is 6.19. The Hall–Kier alpha value is -1.55. The molecule has 0 amide bonds. The van der Waals surface area contributed by atoms with Crippen LogP contribution in [0.25, 0.3) is 0 Å². The smallest absolute Gasteiger partial charge is 0.137 e. The van der Waals surface area contributed by atoms with Crippen LogP contribution in [0.5, 0.6) is 5.75 Å². The second-order valence-electron chi connectivity index (χ2n) is 5.33. The summed E-state index contributed by atoms with van der Waals surface area (Å²) in [4.78, 5) is 0. The molecule has 0 bridgehead atoms. The zero-order valence-corrected chi connectivity index (χ0v) is 13.7. The summed E-state index contributed by atoms with van der Waals surface area (Å²) in [5.41, 5.74) is 3.03. The van der Waals surface area contributed by atoms with Gasteiger partial charge in [-0.1, -0.05) is 12.1 Å². The van der Waals surface area contributed by atoms with E-state index in [9.17, 15) is 9.50 Å². The van der Waals surface area contributed by atoms with Gasteiger partial charge in [-0.2, -0.15) is 0 Å². The Morgan fingerprint density at radius 2 is 1.90 bits per heavy atom. The van der Waals surface area contributed by atoms with Crippen molar-refractivity contribution in [2.75, 3.05) is 5.32 Å². The van der Waals surface area contributed by atoms with E-state index >= 15 is 0 Å². The van der Waals surface area contributed by atoms with Crippen molar-refractivity contribution in [1.82, 2.24) is 0 Å². The maximum atomic E-state index is 13.4. The van der Waals surface area contributed by atoms with Crippen molar-refractivity contribution in [2.45, 2.75) is 32.7 Å². The Kier molecular flexibility index (Phi) is 5.23. The van der Waals surface area contributed by atoms with Crippen molar-refractivity contribution in [3.05, 3.63) is 57.8 Å². The highest BCUT2D eigenvalue weighted by molar-refractivity contribution is 9.10. The minimum atomic E-state index is -0.241. The molecule has 0 aliphatic heterocycles. The molecule has 0 saturated carbocycles. The average molecular weight is 352 g/mol. The van der Waals surface area contributed by atoms with Gasteiger partial charge in [0.05, 0.1) is 4.47 Å². The third-order valence-electron chi connectivity index (χ3n) is 3.47. The van der Waals surface area contributed by atoms with Crippen LogP contribution in [0, 0.1) is 12.7 Å².